The first-order valence-corrected chi connectivity index (χ1v) is 9.17. The zero-order chi connectivity index (χ0) is 10.5. The second kappa shape index (κ2) is 13.5. The van der Waals surface area contributed by atoms with E-state index in [1.54, 1.807) is 0 Å². The number of allylic oxidation sites excluding steroid dienone is 1. The fourth-order valence-electron chi connectivity index (χ4n) is 1.30. The van der Waals surface area contributed by atoms with Gasteiger partial charge in [-0.3, -0.25) is 0 Å². The predicted octanol–water partition coefficient (Wildman–Crippen LogP) is 4.78. The van der Waals surface area contributed by atoms with Crippen molar-refractivity contribution in [1.29, 1.82) is 0 Å². The molecule has 0 radical (unpaired) electrons. The van der Waals surface area contributed by atoms with Crippen LogP contribution in [0.5, 0.6) is 0 Å². The van der Waals surface area contributed by atoms with Gasteiger partial charge in [0.05, 0.1) is 0 Å². The van der Waals surface area contributed by atoms with E-state index in [9.17, 15) is 0 Å². The van der Waals surface area contributed by atoms with E-state index < -0.39 is 0 Å². The van der Waals surface area contributed by atoms with E-state index in [1.165, 1.54) is 55.8 Å². The standard InChI is InChI=1S/C13H26Te/c1-3-5-7-8-9-10-11-13-14-12-6-4-2/h11,13H,3-10,12H2,1-2H3/b13-11-. The van der Waals surface area contributed by atoms with Gasteiger partial charge in [-0.1, -0.05) is 0 Å². The quantitative estimate of drug-likeness (QED) is 0.402. The van der Waals surface area contributed by atoms with E-state index >= 15 is 0 Å². The van der Waals surface area contributed by atoms with Crippen molar-refractivity contribution in [2.24, 2.45) is 0 Å². The summed E-state index contributed by atoms with van der Waals surface area (Å²) < 4.78 is 4.01. The van der Waals surface area contributed by atoms with Crippen LogP contribution in [-0.2, 0) is 0 Å². The van der Waals surface area contributed by atoms with E-state index in [4.69, 9.17) is 0 Å². The van der Waals surface area contributed by atoms with Crippen molar-refractivity contribution in [1.82, 2.24) is 0 Å². The molecule has 0 bridgehead atoms. The van der Waals surface area contributed by atoms with Crippen LogP contribution in [0.15, 0.2) is 10.2 Å². The van der Waals surface area contributed by atoms with Gasteiger partial charge in [-0.25, -0.2) is 0 Å². The van der Waals surface area contributed by atoms with Crippen molar-refractivity contribution in [3.8, 4) is 0 Å². The molecule has 0 heterocycles. The third-order valence-electron chi connectivity index (χ3n) is 2.28. The molecule has 84 valence electrons. The van der Waals surface area contributed by atoms with Gasteiger partial charge >= 0.3 is 101 Å². The van der Waals surface area contributed by atoms with E-state index in [0.29, 0.717) is 0 Å². The van der Waals surface area contributed by atoms with Crippen LogP contribution in [0.25, 0.3) is 0 Å². The summed E-state index contributed by atoms with van der Waals surface area (Å²) in [6.45, 7) is 4.56. The minimum atomic E-state index is 0.247. The Morgan fingerprint density at radius 1 is 0.857 bits per heavy atom. The van der Waals surface area contributed by atoms with Crippen LogP contribution in [-0.4, -0.2) is 20.9 Å². The Bertz CT molecular complexity index is 118. The van der Waals surface area contributed by atoms with Crippen LogP contribution >= 0.6 is 0 Å². The Kier molecular flexibility index (Phi) is 14.0. The molecule has 0 atom stereocenters. The van der Waals surface area contributed by atoms with Gasteiger partial charge in [0.25, 0.3) is 0 Å². The Morgan fingerprint density at radius 3 is 2.29 bits per heavy atom. The molecule has 0 aromatic carbocycles. The number of hydrogen-bond donors (Lipinski definition) is 0. The Balaban J connectivity index is 2.96. The van der Waals surface area contributed by atoms with E-state index in [1.807, 2.05) is 0 Å². The van der Waals surface area contributed by atoms with E-state index in [-0.39, 0.29) is 20.9 Å². The second-order valence-electron chi connectivity index (χ2n) is 3.80. The fraction of sp³-hybridized carbons (Fsp3) is 0.846. The summed E-state index contributed by atoms with van der Waals surface area (Å²) >= 11 is 0.247. The minimum absolute atomic E-state index is 0.247. The maximum absolute atomic E-state index is 2.50. The van der Waals surface area contributed by atoms with Gasteiger partial charge in [-0.15, -0.1) is 0 Å². The summed E-state index contributed by atoms with van der Waals surface area (Å²) in [5, 5.41) is 0. The number of hydrogen-bond acceptors (Lipinski definition) is 0. The van der Waals surface area contributed by atoms with Gasteiger partial charge < -0.3 is 0 Å². The Labute approximate surface area is 101 Å². The molecule has 0 saturated carbocycles. The molecule has 14 heavy (non-hydrogen) atoms. The summed E-state index contributed by atoms with van der Waals surface area (Å²) in [7, 11) is 0. The van der Waals surface area contributed by atoms with Crippen molar-refractivity contribution in [2.75, 3.05) is 0 Å². The maximum atomic E-state index is 2.50. The van der Waals surface area contributed by atoms with Gasteiger partial charge in [0, 0.05) is 0 Å². The first-order chi connectivity index (χ1) is 6.91. The molecule has 0 N–H and O–H groups in total. The van der Waals surface area contributed by atoms with E-state index in [2.05, 4.69) is 24.0 Å². The SMILES string of the molecule is CCCCCCC/C=C\[Te]CCCC. The van der Waals surface area contributed by atoms with Crippen molar-refractivity contribution in [3.63, 3.8) is 0 Å². The van der Waals surface area contributed by atoms with Gasteiger partial charge in [-0.05, 0) is 0 Å². The van der Waals surface area contributed by atoms with Gasteiger partial charge in [0.15, 0.2) is 0 Å². The summed E-state index contributed by atoms with van der Waals surface area (Å²) in [5.74, 6) is 0. The third-order valence-corrected chi connectivity index (χ3v) is 4.88. The summed E-state index contributed by atoms with van der Waals surface area (Å²) in [4.78, 5) is 0. The number of unbranched alkanes of at least 4 members (excludes halogenated alkanes) is 6. The van der Waals surface area contributed by atoms with Crippen LogP contribution < -0.4 is 0 Å². The van der Waals surface area contributed by atoms with Gasteiger partial charge in [0.1, 0.15) is 0 Å². The van der Waals surface area contributed by atoms with Gasteiger partial charge in [0.2, 0.25) is 0 Å². The molecule has 1 heteroatoms. The van der Waals surface area contributed by atoms with Crippen LogP contribution in [0.1, 0.15) is 65.2 Å². The molecule has 0 aromatic rings. The molecule has 0 nitrogen and oxygen atoms in total. The fourth-order valence-corrected chi connectivity index (χ4v) is 3.76. The monoisotopic (exact) mass is 312 g/mol. The Morgan fingerprint density at radius 2 is 1.57 bits per heavy atom. The number of rotatable bonds is 10. The Hall–Kier alpha value is 0.530. The topological polar surface area (TPSA) is 0 Å². The second-order valence-corrected chi connectivity index (χ2v) is 6.69. The van der Waals surface area contributed by atoms with Crippen molar-refractivity contribution < 1.29 is 0 Å². The zero-order valence-electron chi connectivity index (χ0n) is 9.93. The molecule has 0 spiro atoms. The molecular weight excluding hydrogens is 284 g/mol. The molecule has 0 aliphatic rings. The van der Waals surface area contributed by atoms with Crippen LogP contribution in [0.3, 0.4) is 0 Å². The van der Waals surface area contributed by atoms with Crippen LogP contribution in [0, 0.1) is 0 Å². The molecule has 0 saturated heterocycles. The molecule has 0 unspecified atom stereocenters. The average Bonchev–Trinajstić information content (AvgIpc) is 2.21. The summed E-state index contributed by atoms with van der Waals surface area (Å²) in [6.07, 6.45) is 13.7. The molecular formula is C13H26Te. The van der Waals surface area contributed by atoms with Crippen molar-refractivity contribution in [2.45, 2.75) is 69.7 Å². The summed E-state index contributed by atoms with van der Waals surface area (Å²) in [5.41, 5.74) is 0. The zero-order valence-corrected chi connectivity index (χ0v) is 12.3. The molecule has 0 fully saturated rings. The van der Waals surface area contributed by atoms with Crippen LogP contribution in [0.4, 0.5) is 0 Å². The molecule has 0 amide bonds. The average molecular weight is 310 g/mol. The van der Waals surface area contributed by atoms with Crippen molar-refractivity contribution in [3.05, 3.63) is 10.2 Å². The first-order valence-electron chi connectivity index (χ1n) is 6.18. The normalized spacial score (nSPS) is 11.3. The van der Waals surface area contributed by atoms with Gasteiger partial charge in [-0.2, -0.15) is 0 Å². The van der Waals surface area contributed by atoms with E-state index in [0.717, 1.165) is 0 Å². The molecule has 0 rings (SSSR count). The predicted molar refractivity (Wildman–Crippen MR) is 68.0 cm³/mol. The molecule has 0 aliphatic heterocycles. The van der Waals surface area contributed by atoms with Crippen LogP contribution in [0.2, 0.25) is 4.47 Å². The van der Waals surface area contributed by atoms with Crippen molar-refractivity contribution >= 4 is 20.9 Å². The summed E-state index contributed by atoms with van der Waals surface area (Å²) in [6, 6.07) is 0. The third kappa shape index (κ3) is 12.5. The molecule has 0 aromatic heterocycles. The molecule has 0 aliphatic carbocycles. The first kappa shape index (κ1) is 14.5.